The summed E-state index contributed by atoms with van der Waals surface area (Å²) in [6, 6.07) is 1.46. The summed E-state index contributed by atoms with van der Waals surface area (Å²) >= 11 is 0. The van der Waals surface area contributed by atoms with Gasteiger partial charge in [-0.1, -0.05) is 33.6 Å². The summed E-state index contributed by atoms with van der Waals surface area (Å²) in [6.45, 7) is 8.38. The van der Waals surface area contributed by atoms with Gasteiger partial charge in [0.05, 0.1) is 12.9 Å². The molecular formula is C27H46Cl2N8O. The Morgan fingerprint density at radius 3 is 2.21 bits per heavy atom. The van der Waals surface area contributed by atoms with Gasteiger partial charge in [-0.3, -0.25) is 9.69 Å². The van der Waals surface area contributed by atoms with Crippen molar-refractivity contribution in [3.8, 4) is 0 Å². The van der Waals surface area contributed by atoms with Crippen molar-refractivity contribution in [3.63, 3.8) is 0 Å². The Balaban J connectivity index is 0.00000200. The normalized spacial score (nSPS) is 23.6. The van der Waals surface area contributed by atoms with Crippen LogP contribution in [0.1, 0.15) is 91.0 Å². The van der Waals surface area contributed by atoms with Crippen LogP contribution in [0, 0.1) is 5.41 Å². The van der Waals surface area contributed by atoms with Gasteiger partial charge in [0.15, 0.2) is 22.8 Å². The predicted molar refractivity (Wildman–Crippen MR) is 159 cm³/mol. The lowest BCUT2D eigenvalue weighted by molar-refractivity contribution is -0.127. The number of imidazole rings is 1. The zero-order valence-corrected chi connectivity index (χ0v) is 24.8. The number of fused-ring (bicyclic) bond motifs is 1. The van der Waals surface area contributed by atoms with E-state index < -0.39 is 0 Å². The van der Waals surface area contributed by atoms with E-state index in [4.69, 9.17) is 20.7 Å². The predicted octanol–water partition coefficient (Wildman–Crippen LogP) is 4.96. The topological polar surface area (TPSA) is 114 Å². The summed E-state index contributed by atoms with van der Waals surface area (Å²) in [6.07, 6.45) is 13.0. The molecule has 1 saturated heterocycles. The zero-order chi connectivity index (χ0) is 25.3. The number of likely N-dealkylation sites (tertiary alicyclic amines) is 1. The number of rotatable bonds is 7. The Hall–Kier alpha value is -1.68. The van der Waals surface area contributed by atoms with Crippen molar-refractivity contribution in [1.82, 2.24) is 24.4 Å². The maximum Gasteiger partial charge on any atom is 0.227 e. The minimum absolute atomic E-state index is 0. The number of aromatic nitrogens is 4. The van der Waals surface area contributed by atoms with Gasteiger partial charge in [0.2, 0.25) is 5.95 Å². The van der Waals surface area contributed by atoms with Gasteiger partial charge in [-0.05, 0) is 51.4 Å². The first-order valence-corrected chi connectivity index (χ1v) is 14.0. The van der Waals surface area contributed by atoms with E-state index in [0.29, 0.717) is 42.4 Å². The molecule has 4 N–H and O–H groups in total. The van der Waals surface area contributed by atoms with Gasteiger partial charge in [0, 0.05) is 42.7 Å². The SMILES string of the molecule is CC(C)(C)C(=O)CN1CCC(Nc2nc(NC3CCC(N)CC3)nc3c2ncn3C2CCCC2)CC1.Cl.Cl. The van der Waals surface area contributed by atoms with E-state index in [0.717, 1.165) is 68.6 Å². The molecule has 0 atom stereocenters. The Morgan fingerprint density at radius 1 is 0.947 bits per heavy atom. The molecule has 1 aliphatic heterocycles. The number of halogens is 2. The molecule has 2 aromatic heterocycles. The monoisotopic (exact) mass is 568 g/mol. The minimum Gasteiger partial charge on any atom is -0.365 e. The van der Waals surface area contributed by atoms with E-state index in [2.05, 4.69) is 20.1 Å². The summed E-state index contributed by atoms with van der Waals surface area (Å²) in [5.74, 6) is 1.83. The summed E-state index contributed by atoms with van der Waals surface area (Å²) in [4.78, 5) is 29.5. The number of ketones is 1. The van der Waals surface area contributed by atoms with Crippen LogP contribution in [0.3, 0.4) is 0 Å². The van der Waals surface area contributed by atoms with Gasteiger partial charge < -0.3 is 20.9 Å². The van der Waals surface area contributed by atoms with E-state index in [9.17, 15) is 4.79 Å². The maximum absolute atomic E-state index is 12.5. The number of nitrogens with one attached hydrogen (secondary N) is 2. The van der Waals surface area contributed by atoms with Crippen molar-refractivity contribution in [2.45, 2.75) is 109 Å². The zero-order valence-electron chi connectivity index (χ0n) is 23.1. The molecule has 0 unspecified atom stereocenters. The smallest absolute Gasteiger partial charge is 0.227 e. The molecule has 5 rings (SSSR count). The van der Waals surface area contributed by atoms with E-state index in [1.54, 1.807) is 0 Å². The molecule has 0 spiro atoms. The first kappa shape index (κ1) is 30.9. The highest BCUT2D eigenvalue weighted by Crippen LogP contribution is 2.34. The van der Waals surface area contributed by atoms with Gasteiger partial charge in [0.1, 0.15) is 0 Å². The molecule has 3 aliphatic rings. The molecule has 0 bridgehead atoms. The second kappa shape index (κ2) is 13.1. The summed E-state index contributed by atoms with van der Waals surface area (Å²) in [7, 11) is 0. The molecule has 214 valence electrons. The molecule has 38 heavy (non-hydrogen) atoms. The van der Waals surface area contributed by atoms with Gasteiger partial charge in [0.25, 0.3) is 0 Å². The molecule has 0 aromatic carbocycles. The third kappa shape index (κ3) is 7.29. The fourth-order valence-corrected chi connectivity index (χ4v) is 5.85. The van der Waals surface area contributed by atoms with Gasteiger partial charge >= 0.3 is 0 Å². The molecule has 3 fully saturated rings. The quantitative estimate of drug-likeness (QED) is 0.429. The first-order chi connectivity index (χ1) is 17.3. The number of nitrogens with two attached hydrogens (primary N) is 1. The lowest BCUT2D eigenvalue weighted by atomic mass is 9.90. The van der Waals surface area contributed by atoms with E-state index in [1.807, 2.05) is 27.1 Å². The Morgan fingerprint density at radius 2 is 1.58 bits per heavy atom. The van der Waals surface area contributed by atoms with E-state index >= 15 is 0 Å². The van der Waals surface area contributed by atoms with Crippen molar-refractivity contribution in [1.29, 1.82) is 0 Å². The lowest BCUT2D eigenvalue weighted by Crippen LogP contribution is -2.43. The Kier molecular flexibility index (Phi) is 10.6. The summed E-state index contributed by atoms with van der Waals surface area (Å²) in [5.41, 5.74) is 7.64. The molecule has 11 heteroatoms. The Labute approximate surface area is 239 Å². The van der Waals surface area contributed by atoms with E-state index in [-0.39, 0.29) is 30.2 Å². The van der Waals surface area contributed by atoms with Crippen LogP contribution in [0.25, 0.3) is 11.2 Å². The number of Topliss-reactive ketones (excluding diaryl/α,β-unsaturated/α-hetero) is 1. The van der Waals surface area contributed by atoms with Crippen molar-refractivity contribution in [2.75, 3.05) is 30.3 Å². The lowest BCUT2D eigenvalue weighted by Gasteiger charge is -2.33. The molecule has 0 radical (unpaired) electrons. The molecule has 2 aromatic rings. The number of nitrogens with zero attached hydrogens (tertiary/aromatic N) is 5. The van der Waals surface area contributed by atoms with Crippen molar-refractivity contribution in [3.05, 3.63) is 6.33 Å². The number of hydrogen-bond acceptors (Lipinski definition) is 8. The second-order valence-electron chi connectivity index (χ2n) is 12.3. The van der Waals surface area contributed by atoms with Crippen LogP contribution >= 0.6 is 24.8 Å². The third-order valence-electron chi connectivity index (χ3n) is 8.38. The standard InChI is InChI=1S/C27H44N8O.2ClH/c1-27(2,3)22(36)16-34-14-12-20(13-15-34)30-24-23-25(35(17-29-23)21-6-4-5-7-21)33-26(32-24)31-19-10-8-18(28)9-11-19;;/h17-21H,4-16,28H2,1-3H3,(H2,30,31,32,33);2*1H. The highest BCUT2D eigenvalue weighted by atomic mass is 35.5. The highest BCUT2D eigenvalue weighted by molar-refractivity contribution is 5.86. The van der Waals surface area contributed by atoms with Crippen molar-refractivity contribution < 1.29 is 4.79 Å². The Bertz CT molecular complexity index is 1050. The van der Waals surface area contributed by atoms with Gasteiger partial charge in [-0.15, -0.1) is 24.8 Å². The highest BCUT2D eigenvalue weighted by Gasteiger charge is 2.28. The van der Waals surface area contributed by atoms with Crippen molar-refractivity contribution >= 4 is 53.5 Å². The van der Waals surface area contributed by atoms with Crippen LogP contribution in [-0.2, 0) is 4.79 Å². The van der Waals surface area contributed by atoms with Crippen LogP contribution in [0.4, 0.5) is 11.8 Å². The number of anilines is 2. The fraction of sp³-hybridized carbons (Fsp3) is 0.778. The van der Waals surface area contributed by atoms with Gasteiger partial charge in [-0.25, -0.2) is 4.98 Å². The first-order valence-electron chi connectivity index (χ1n) is 14.0. The third-order valence-corrected chi connectivity index (χ3v) is 8.38. The van der Waals surface area contributed by atoms with Crippen LogP contribution < -0.4 is 16.4 Å². The van der Waals surface area contributed by atoms with Crippen LogP contribution in [0.2, 0.25) is 0 Å². The number of carbonyl (C=O) groups excluding carboxylic acids is 1. The number of carbonyl (C=O) groups is 1. The van der Waals surface area contributed by atoms with E-state index in [1.165, 1.54) is 25.7 Å². The molecule has 2 saturated carbocycles. The fourth-order valence-electron chi connectivity index (χ4n) is 5.85. The average Bonchev–Trinajstić information content (AvgIpc) is 3.51. The minimum atomic E-state index is -0.285. The van der Waals surface area contributed by atoms with Crippen LogP contribution in [0.5, 0.6) is 0 Å². The molecular weight excluding hydrogens is 523 g/mol. The molecule has 3 heterocycles. The van der Waals surface area contributed by atoms with Crippen LogP contribution in [-0.4, -0.2) is 68.0 Å². The second-order valence-corrected chi connectivity index (χ2v) is 12.3. The summed E-state index contributed by atoms with van der Waals surface area (Å²) in [5, 5.41) is 7.33. The summed E-state index contributed by atoms with van der Waals surface area (Å²) < 4.78 is 2.28. The number of hydrogen-bond donors (Lipinski definition) is 3. The molecule has 2 aliphatic carbocycles. The average molecular weight is 570 g/mol. The van der Waals surface area contributed by atoms with Gasteiger partial charge in [-0.2, -0.15) is 9.97 Å². The van der Waals surface area contributed by atoms with Crippen molar-refractivity contribution in [2.24, 2.45) is 11.1 Å². The number of piperidine rings is 1. The largest absolute Gasteiger partial charge is 0.365 e. The molecule has 0 amide bonds. The van der Waals surface area contributed by atoms with Crippen LogP contribution in [0.15, 0.2) is 6.33 Å². The molecule has 9 nitrogen and oxygen atoms in total. The maximum atomic E-state index is 12.5.